The molecule has 2 aromatic rings. The summed E-state index contributed by atoms with van der Waals surface area (Å²) in [6, 6.07) is 8.29. The van der Waals surface area contributed by atoms with Gasteiger partial charge in [-0.25, -0.2) is 4.98 Å². The molecule has 90 valence electrons. The number of thiazole rings is 1. The van der Waals surface area contributed by atoms with Gasteiger partial charge in [0.1, 0.15) is 0 Å². The first-order valence-electron chi connectivity index (χ1n) is 5.63. The first kappa shape index (κ1) is 12.7. The molecule has 0 fully saturated rings. The van der Waals surface area contributed by atoms with E-state index in [2.05, 4.69) is 35.0 Å². The Morgan fingerprint density at radius 2 is 2.00 bits per heavy atom. The largest absolute Gasteiger partial charge is 0.330 e. The minimum Gasteiger partial charge on any atom is -0.330 e. The smallest absolute Gasteiger partial charge is 0.0935 e. The Hall–Kier alpha value is -0.710. The van der Waals surface area contributed by atoms with Crippen molar-refractivity contribution in [1.29, 1.82) is 0 Å². The van der Waals surface area contributed by atoms with Crippen LogP contribution in [0.1, 0.15) is 16.3 Å². The Kier molecular flexibility index (Phi) is 4.31. The predicted molar refractivity (Wildman–Crippen MR) is 77.4 cm³/mol. The number of nitrogens with zero attached hydrogens (tertiary/aromatic N) is 1. The molecule has 1 aromatic heterocycles. The van der Waals surface area contributed by atoms with Gasteiger partial charge in [-0.3, -0.25) is 0 Å². The van der Waals surface area contributed by atoms with Crippen LogP contribution in [-0.4, -0.2) is 11.5 Å². The maximum atomic E-state index is 5.52. The SMILES string of the molecule is Cc1sc(CCCN)nc1-c1ccc(Br)cc1. The maximum Gasteiger partial charge on any atom is 0.0935 e. The zero-order valence-corrected chi connectivity index (χ0v) is 12.1. The summed E-state index contributed by atoms with van der Waals surface area (Å²) in [7, 11) is 0. The van der Waals surface area contributed by atoms with Crippen molar-refractivity contribution in [2.24, 2.45) is 5.73 Å². The van der Waals surface area contributed by atoms with Crippen molar-refractivity contribution in [1.82, 2.24) is 4.98 Å². The van der Waals surface area contributed by atoms with E-state index in [1.165, 1.54) is 15.4 Å². The lowest BCUT2D eigenvalue weighted by atomic mass is 10.1. The molecule has 2 N–H and O–H groups in total. The number of hydrogen-bond acceptors (Lipinski definition) is 3. The number of rotatable bonds is 4. The van der Waals surface area contributed by atoms with Gasteiger partial charge in [-0.05, 0) is 32.0 Å². The molecule has 0 spiro atoms. The molecule has 1 aromatic carbocycles. The Balaban J connectivity index is 2.26. The fourth-order valence-corrected chi connectivity index (χ4v) is 2.95. The van der Waals surface area contributed by atoms with Gasteiger partial charge in [0.05, 0.1) is 10.7 Å². The van der Waals surface area contributed by atoms with Gasteiger partial charge in [-0.15, -0.1) is 11.3 Å². The Morgan fingerprint density at radius 3 is 2.65 bits per heavy atom. The van der Waals surface area contributed by atoms with Crippen LogP contribution in [0, 0.1) is 6.92 Å². The molecule has 0 aliphatic carbocycles. The first-order valence-corrected chi connectivity index (χ1v) is 7.24. The number of halogens is 1. The fraction of sp³-hybridized carbons (Fsp3) is 0.308. The molecule has 0 atom stereocenters. The number of benzene rings is 1. The zero-order valence-electron chi connectivity index (χ0n) is 9.74. The topological polar surface area (TPSA) is 38.9 Å². The van der Waals surface area contributed by atoms with Crippen molar-refractivity contribution in [3.63, 3.8) is 0 Å². The molecular weight excluding hydrogens is 296 g/mol. The molecule has 2 nitrogen and oxygen atoms in total. The lowest BCUT2D eigenvalue weighted by molar-refractivity contribution is 0.826. The summed E-state index contributed by atoms with van der Waals surface area (Å²) in [5.74, 6) is 0. The Labute approximate surface area is 114 Å². The molecule has 17 heavy (non-hydrogen) atoms. The van der Waals surface area contributed by atoms with E-state index in [1.54, 1.807) is 11.3 Å². The normalized spacial score (nSPS) is 10.8. The highest BCUT2D eigenvalue weighted by molar-refractivity contribution is 9.10. The third-order valence-corrected chi connectivity index (χ3v) is 4.11. The second-order valence-corrected chi connectivity index (χ2v) is 6.11. The van der Waals surface area contributed by atoms with Crippen LogP contribution in [0.2, 0.25) is 0 Å². The van der Waals surface area contributed by atoms with Gasteiger partial charge >= 0.3 is 0 Å². The monoisotopic (exact) mass is 310 g/mol. The van der Waals surface area contributed by atoms with Crippen LogP contribution in [0.4, 0.5) is 0 Å². The van der Waals surface area contributed by atoms with Crippen molar-refractivity contribution in [3.05, 3.63) is 38.6 Å². The zero-order chi connectivity index (χ0) is 12.3. The maximum absolute atomic E-state index is 5.52. The summed E-state index contributed by atoms with van der Waals surface area (Å²) in [6.45, 7) is 2.85. The quantitative estimate of drug-likeness (QED) is 0.933. The predicted octanol–water partition coefficient (Wildman–Crippen LogP) is 3.77. The molecule has 0 aliphatic rings. The molecule has 0 amide bonds. The standard InChI is InChI=1S/C13H15BrN2S/c1-9-13(10-4-6-11(14)7-5-10)16-12(17-9)3-2-8-15/h4-7H,2-3,8,15H2,1H3. The summed E-state index contributed by atoms with van der Waals surface area (Å²) in [5.41, 5.74) is 7.81. The molecular formula is C13H15BrN2S. The average molecular weight is 311 g/mol. The van der Waals surface area contributed by atoms with Crippen molar-refractivity contribution in [2.45, 2.75) is 19.8 Å². The summed E-state index contributed by atoms with van der Waals surface area (Å²) in [4.78, 5) is 5.97. The highest BCUT2D eigenvalue weighted by Gasteiger charge is 2.09. The number of hydrogen-bond donors (Lipinski definition) is 1. The van der Waals surface area contributed by atoms with Crippen molar-refractivity contribution in [2.75, 3.05) is 6.54 Å². The summed E-state index contributed by atoms with van der Waals surface area (Å²) in [5, 5.41) is 1.19. The van der Waals surface area contributed by atoms with Crippen molar-refractivity contribution < 1.29 is 0 Å². The first-order chi connectivity index (χ1) is 8.20. The second-order valence-electron chi connectivity index (χ2n) is 3.91. The van der Waals surface area contributed by atoms with Gasteiger partial charge in [0.15, 0.2) is 0 Å². The van der Waals surface area contributed by atoms with Crippen LogP contribution < -0.4 is 5.73 Å². The van der Waals surface area contributed by atoms with Gasteiger partial charge in [-0.1, -0.05) is 28.1 Å². The van der Waals surface area contributed by atoms with E-state index in [4.69, 9.17) is 10.7 Å². The van der Waals surface area contributed by atoms with E-state index in [1.807, 2.05) is 12.1 Å². The number of aryl methyl sites for hydroxylation is 2. The van der Waals surface area contributed by atoms with Crippen molar-refractivity contribution >= 4 is 27.3 Å². The number of aromatic nitrogens is 1. The minimum atomic E-state index is 0.728. The Bertz CT molecular complexity index is 491. The van der Waals surface area contributed by atoms with Crippen LogP contribution >= 0.6 is 27.3 Å². The van der Waals surface area contributed by atoms with Crippen LogP contribution in [0.5, 0.6) is 0 Å². The van der Waals surface area contributed by atoms with E-state index in [9.17, 15) is 0 Å². The highest BCUT2D eigenvalue weighted by atomic mass is 79.9. The van der Waals surface area contributed by atoms with E-state index in [0.717, 1.165) is 29.6 Å². The highest BCUT2D eigenvalue weighted by Crippen LogP contribution is 2.28. The average Bonchev–Trinajstić information content (AvgIpc) is 2.69. The van der Waals surface area contributed by atoms with Crippen LogP contribution in [0.25, 0.3) is 11.3 Å². The van der Waals surface area contributed by atoms with Crippen LogP contribution in [-0.2, 0) is 6.42 Å². The molecule has 1 heterocycles. The lowest BCUT2D eigenvalue weighted by Crippen LogP contribution is -1.99. The summed E-state index contributed by atoms with van der Waals surface area (Å²) < 4.78 is 1.09. The molecule has 0 saturated carbocycles. The van der Waals surface area contributed by atoms with Crippen LogP contribution in [0.15, 0.2) is 28.7 Å². The second kappa shape index (κ2) is 5.76. The van der Waals surface area contributed by atoms with Gasteiger partial charge in [-0.2, -0.15) is 0 Å². The van der Waals surface area contributed by atoms with Gasteiger partial charge in [0, 0.05) is 21.3 Å². The summed E-state index contributed by atoms with van der Waals surface area (Å²) in [6.07, 6.45) is 1.99. The molecule has 2 rings (SSSR count). The summed E-state index contributed by atoms with van der Waals surface area (Å²) >= 11 is 5.22. The van der Waals surface area contributed by atoms with E-state index in [0.29, 0.717) is 0 Å². The fourth-order valence-electron chi connectivity index (χ4n) is 1.69. The van der Waals surface area contributed by atoms with Crippen molar-refractivity contribution in [3.8, 4) is 11.3 Å². The molecule has 0 aliphatic heterocycles. The van der Waals surface area contributed by atoms with Gasteiger partial charge in [0.2, 0.25) is 0 Å². The minimum absolute atomic E-state index is 0.728. The van der Waals surface area contributed by atoms with Gasteiger partial charge in [0.25, 0.3) is 0 Å². The number of nitrogens with two attached hydrogens (primary N) is 1. The Morgan fingerprint density at radius 1 is 1.29 bits per heavy atom. The van der Waals surface area contributed by atoms with E-state index in [-0.39, 0.29) is 0 Å². The third kappa shape index (κ3) is 3.15. The molecule has 0 bridgehead atoms. The molecule has 4 heteroatoms. The lowest BCUT2D eigenvalue weighted by Gasteiger charge is -1.98. The molecule has 0 radical (unpaired) electrons. The van der Waals surface area contributed by atoms with E-state index >= 15 is 0 Å². The molecule has 0 saturated heterocycles. The molecule has 0 unspecified atom stereocenters. The van der Waals surface area contributed by atoms with Gasteiger partial charge < -0.3 is 5.73 Å². The van der Waals surface area contributed by atoms with Crippen LogP contribution in [0.3, 0.4) is 0 Å². The van der Waals surface area contributed by atoms with E-state index < -0.39 is 0 Å². The third-order valence-electron chi connectivity index (χ3n) is 2.55.